The van der Waals surface area contributed by atoms with E-state index < -0.39 is 0 Å². The third-order valence-corrected chi connectivity index (χ3v) is 6.42. The Balaban J connectivity index is 1.68. The fourth-order valence-electron chi connectivity index (χ4n) is 4.17. The minimum Gasteiger partial charge on any atom is -0.336 e. The number of anilines is 2. The molecule has 154 valence electrons. The molecular formula is C25H18Cl2N2O2. The van der Waals surface area contributed by atoms with Gasteiger partial charge >= 0.3 is 0 Å². The largest absolute Gasteiger partial charge is 0.336 e. The molecule has 3 aromatic rings. The summed E-state index contributed by atoms with van der Waals surface area (Å²) in [6.07, 6.45) is 0.811. The van der Waals surface area contributed by atoms with Crippen LogP contribution in [0.15, 0.2) is 72.4 Å². The van der Waals surface area contributed by atoms with Crippen LogP contribution in [0.1, 0.15) is 16.7 Å². The Hall–Kier alpha value is -3.08. The van der Waals surface area contributed by atoms with Gasteiger partial charge in [0.15, 0.2) is 0 Å². The minimum absolute atomic E-state index is 0.355. The molecule has 0 aromatic heterocycles. The summed E-state index contributed by atoms with van der Waals surface area (Å²) in [5.74, 6) is -0.724. The lowest BCUT2D eigenvalue weighted by atomic mass is 10.0. The Morgan fingerprint density at radius 2 is 1.61 bits per heavy atom. The number of benzene rings is 3. The maximum atomic E-state index is 13.7. The number of hydrogen-bond acceptors (Lipinski definition) is 3. The third-order valence-electron chi connectivity index (χ3n) is 5.76. The fraction of sp³-hybridized carbons (Fsp3) is 0.120. The average Bonchev–Trinajstić information content (AvgIpc) is 3.29. The van der Waals surface area contributed by atoms with Crippen molar-refractivity contribution in [3.8, 4) is 0 Å². The van der Waals surface area contributed by atoms with Crippen molar-refractivity contribution < 1.29 is 9.59 Å². The molecule has 0 radical (unpaired) electrons. The molecule has 0 unspecified atom stereocenters. The number of aryl methyl sites for hydroxylation is 1. The van der Waals surface area contributed by atoms with E-state index in [4.69, 9.17) is 23.2 Å². The minimum atomic E-state index is -0.369. The standard InChI is InChI=1S/C25H18Cl2N2O2/c1-15-6-11-19(14-20(15)27)29-24(30)22(17-7-9-18(26)10-8-17)23(25(29)31)28-13-12-16-4-2-3-5-21(16)28/h2-11,14H,12-13H2,1H3. The molecule has 0 saturated heterocycles. The van der Waals surface area contributed by atoms with Crippen molar-refractivity contribution >= 4 is 52.0 Å². The average molecular weight is 449 g/mol. The van der Waals surface area contributed by atoms with Crippen LogP contribution in [0.4, 0.5) is 11.4 Å². The lowest BCUT2D eigenvalue weighted by Gasteiger charge is -2.22. The van der Waals surface area contributed by atoms with E-state index in [2.05, 4.69) is 6.07 Å². The van der Waals surface area contributed by atoms with E-state index in [0.717, 1.165) is 23.2 Å². The maximum Gasteiger partial charge on any atom is 0.282 e. The topological polar surface area (TPSA) is 40.6 Å². The molecule has 0 aliphatic carbocycles. The predicted octanol–water partition coefficient (Wildman–Crippen LogP) is 5.65. The SMILES string of the molecule is Cc1ccc(N2C(=O)C(c3ccc(Cl)cc3)=C(N3CCc4ccccc43)C2=O)cc1Cl. The van der Waals surface area contributed by atoms with Crippen molar-refractivity contribution in [2.75, 3.05) is 16.3 Å². The zero-order chi connectivity index (χ0) is 21.7. The number of halogens is 2. The summed E-state index contributed by atoms with van der Waals surface area (Å²) in [5, 5.41) is 1.07. The lowest BCUT2D eigenvalue weighted by molar-refractivity contribution is -0.120. The number of fused-ring (bicyclic) bond motifs is 1. The van der Waals surface area contributed by atoms with E-state index in [-0.39, 0.29) is 11.8 Å². The fourth-order valence-corrected chi connectivity index (χ4v) is 4.47. The first kappa shape index (κ1) is 19.9. The summed E-state index contributed by atoms with van der Waals surface area (Å²) in [7, 11) is 0. The van der Waals surface area contributed by atoms with Crippen molar-refractivity contribution in [2.24, 2.45) is 0 Å². The van der Waals surface area contributed by atoms with Gasteiger partial charge in [-0.25, -0.2) is 4.90 Å². The molecular weight excluding hydrogens is 431 g/mol. The summed E-state index contributed by atoms with van der Waals surface area (Å²) in [6, 6.07) is 20.2. The number of imide groups is 1. The number of carbonyl (C=O) groups excluding carboxylic acids is 2. The van der Waals surface area contributed by atoms with Gasteiger partial charge < -0.3 is 4.90 Å². The lowest BCUT2D eigenvalue weighted by Crippen LogP contribution is -2.34. The van der Waals surface area contributed by atoms with Gasteiger partial charge in [0.25, 0.3) is 11.8 Å². The maximum absolute atomic E-state index is 13.7. The predicted molar refractivity (Wildman–Crippen MR) is 125 cm³/mol. The second-order valence-electron chi connectivity index (χ2n) is 7.64. The Bertz CT molecular complexity index is 1260. The van der Waals surface area contributed by atoms with Crippen molar-refractivity contribution in [1.82, 2.24) is 0 Å². The van der Waals surface area contributed by atoms with E-state index in [1.165, 1.54) is 4.90 Å². The van der Waals surface area contributed by atoms with Gasteiger partial charge in [-0.3, -0.25) is 9.59 Å². The highest BCUT2D eigenvalue weighted by Crippen LogP contribution is 2.40. The molecule has 3 aromatic carbocycles. The summed E-state index contributed by atoms with van der Waals surface area (Å²) in [4.78, 5) is 30.5. The highest BCUT2D eigenvalue weighted by Gasteiger charge is 2.44. The summed E-state index contributed by atoms with van der Waals surface area (Å²) in [6.45, 7) is 2.51. The number of para-hydroxylation sites is 1. The van der Waals surface area contributed by atoms with Gasteiger partial charge in [0.2, 0.25) is 0 Å². The third kappa shape index (κ3) is 3.23. The first-order valence-corrected chi connectivity index (χ1v) is 10.7. The molecule has 6 heteroatoms. The summed E-state index contributed by atoms with van der Waals surface area (Å²) >= 11 is 12.4. The Kier molecular flexibility index (Phi) is 4.84. The van der Waals surface area contributed by atoms with Crippen LogP contribution in [0.5, 0.6) is 0 Å². The summed E-state index contributed by atoms with van der Waals surface area (Å²) in [5.41, 5.74) is 4.85. The molecule has 0 spiro atoms. The normalized spacial score (nSPS) is 15.8. The van der Waals surface area contributed by atoms with E-state index in [1.54, 1.807) is 36.4 Å². The highest BCUT2D eigenvalue weighted by molar-refractivity contribution is 6.46. The van der Waals surface area contributed by atoms with Crippen LogP contribution in [-0.2, 0) is 16.0 Å². The molecule has 31 heavy (non-hydrogen) atoms. The molecule has 0 bridgehead atoms. The van der Waals surface area contributed by atoms with E-state index in [1.807, 2.05) is 36.1 Å². The molecule has 0 N–H and O–H groups in total. The molecule has 0 atom stereocenters. The second kappa shape index (κ2) is 7.56. The van der Waals surface area contributed by atoms with Gasteiger partial charge in [0.1, 0.15) is 5.70 Å². The van der Waals surface area contributed by atoms with Crippen LogP contribution < -0.4 is 9.80 Å². The smallest absolute Gasteiger partial charge is 0.282 e. The van der Waals surface area contributed by atoms with E-state index >= 15 is 0 Å². The second-order valence-corrected chi connectivity index (χ2v) is 8.48. The number of rotatable bonds is 3. The Morgan fingerprint density at radius 3 is 2.35 bits per heavy atom. The van der Waals surface area contributed by atoms with Crippen LogP contribution in [0, 0.1) is 6.92 Å². The van der Waals surface area contributed by atoms with Crippen LogP contribution in [-0.4, -0.2) is 18.4 Å². The molecule has 0 saturated carbocycles. The first-order valence-electron chi connectivity index (χ1n) is 9.96. The van der Waals surface area contributed by atoms with Gasteiger partial charge in [-0.1, -0.05) is 59.6 Å². The van der Waals surface area contributed by atoms with Crippen LogP contribution in [0.3, 0.4) is 0 Å². The van der Waals surface area contributed by atoms with Crippen LogP contribution in [0.2, 0.25) is 10.0 Å². The van der Waals surface area contributed by atoms with Crippen molar-refractivity contribution in [3.63, 3.8) is 0 Å². The Labute approximate surface area is 190 Å². The number of hydrogen-bond donors (Lipinski definition) is 0. The molecule has 2 amide bonds. The van der Waals surface area contributed by atoms with Crippen molar-refractivity contribution in [3.05, 3.63) is 99.2 Å². The van der Waals surface area contributed by atoms with Crippen LogP contribution in [0.25, 0.3) is 5.57 Å². The molecule has 2 aliphatic heterocycles. The van der Waals surface area contributed by atoms with E-state index in [0.29, 0.717) is 39.1 Å². The number of nitrogens with zero attached hydrogens (tertiary/aromatic N) is 2. The molecule has 0 fully saturated rings. The Morgan fingerprint density at radius 1 is 0.871 bits per heavy atom. The van der Waals surface area contributed by atoms with Gasteiger partial charge in [-0.2, -0.15) is 0 Å². The van der Waals surface area contributed by atoms with Crippen LogP contribution >= 0.6 is 23.2 Å². The number of amides is 2. The monoisotopic (exact) mass is 448 g/mol. The van der Waals surface area contributed by atoms with E-state index in [9.17, 15) is 9.59 Å². The zero-order valence-electron chi connectivity index (χ0n) is 16.7. The molecule has 5 rings (SSSR count). The van der Waals surface area contributed by atoms with Gasteiger partial charge in [-0.05, 0) is 60.4 Å². The van der Waals surface area contributed by atoms with Crippen molar-refractivity contribution in [1.29, 1.82) is 0 Å². The van der Waals surface area contributed by atoms with Gasteiger partial charge in [0.05, 0.1) is 11.3 Å². The van der Waals surface area contributed by atoms with Gasteiger partial charge in [0, 0.05) is 22.3 Å². The molecule has 4 nitrogen and oxygen atoms in total. The zero-order valence-corrected chi connectivity index (χ0v) is 18.2. The highest BCUT2D eigenvalue weighted by atomic mass is 35.5. The quantitative estimate of drug-likeness (QED) is 0.486. The van der Waals surface area contributed by atoms with Crippen molar-refractivity contribution in [2.45, 2.75) is 13.3 Å². The molecule has 2 heterocycles. The molecule has 2 aliphatic rings. The first-order chi connectivity index (χ1) is 15.0. The summed E-state index contributed by atoms with van der Waals surface area (Å²) < 4.78 is 0. The van der Waals surface area contributed by atoms with Gasteiger partial charge in [-0.15, -0.1) is 0 Å². The number of carbonyl (C=O) groups is 2.